The summed E-state index contributed by atoms with van der Waals surface area (Å²) in [6.07, 6.45) is 1.88. The van der Waals surface area contributed by atoms with Crippen molar-refractivity contribution in [3.63, 3.8) is 0 Å². The number of aromatic nitrogens is 4. The Morgan fingerprint density at radius 2 is 1.87 bits per heavy atom. The van der Waals surface area contributed by atoms with Gasteiger partial charge in [0.2, 0.25) is 5.91 Å². The summed E-state index contributed by atoms with van der Waals surface area (Å²) in [5.41, 5.74) is 0.576. The highest BCUT2D eigenvalue weighted by atomic mass is 35.5. The smallest absolute Gasteiger partial charge is 0.331 e. The number of rotatable bonds is 8. The summed E-state index contributed by atoms with van der Waals surface area (Å²) < 4.78 is 9.41. The number of benzene rings is 1. The van der Waals surface area contributed by atoms with Crippen LogP contribution >= 0.6 is 22.9 Å². The molecule has 5 aromatic rings. The van der Waals surface area contributed by atoms with Crippen LogP contribution in [0.1, 0.15) is 18.5 Å². The third-order valence-electron chi connectivity index (χ3n) is 5.99. The molecule has 4 aromatic heterocycles. The molecule has 0 aliphatic heterocycles. The second-order valence-corrected chi connectivity index (χ2v) is 9.85. The lowest BCUT2D eigenvalue weighted by atomic mass is 10.2. The molecule has 1 aromatic carbocycles. The molecular weight excluding hydrogens is 530 g/mol. The Morgan fingerprint density at radius 3 is 2.63 bits per heavy atom. The Hall–Kier alpha value is -4.22. The van der Waals surface area contributed by atoms with E-state index >= 15 is 0 Å². The topological polar surface area (TPSA) is 117 Å². The Labute approximate surface area is 224 Å². The molecule has 0 spiro atoms. The van der Waals surface area contributed by atoms with Gasteiger partial charge in [-0.25, -0.2) is 9.78 Å². The summed E-state index contributed by atoms with van der Waals surface area (Å²) in [5, 5.41) is 4.92. The van der Waals surface area contributed by atoms with E-state index in [1.165, 1.54) is 32.6 Å². The van der Waals surface area contributed by atoms with Crippen LogP contribution in [-0.2, 0) is 17.9 Å². The van der Waals surface area contributed by atoms with E-state index in [0.717, 1.165) is 4.57 Å². The molecule has 5 rings (SSSR count). The second-order valence-electron chi connectivity index (χ2n) is 8.50. The van der Waals surface area contributed by atoms with Crippen LogP contribution in [0.5, 0.6) is 5.75 Å². The molecule has 0 atom stereocenters. The first-order valence-electron chi connectivity index (χ1n) is 11.7. The van der Waals surface area contributed by atoms with E-state index in [4.69, 9.17) is 16.3 Å². The first-order valence-corrected chi connectivity index (χ1v) is 12.9. The summed E-state index contributed by atoms with van der Waals surface area (Å²) in [6.45, 7) is 0.0620. The van der Waals surface area contributed by atoms with E-state index in [2.05, 4.69) is 10.3 Å². The Balaban J connectivity index is 1.38. The minimum atomic E-state index is -0.533. The van der Waals surface area contributed by atoms with Crippen molar-refractivity contribution in [2.45, 2.75) is 25.9 Å². The van der Waals surface area contributed by atoms with Crippen molar-refractivity contribution in [1.29, 1.82) is 0 Å². The lowest BCUT2D eigenvalue weighted by molar-refractivity contribution is -0.116. The summed E-state index contributed by atoms with van der Waals surface area (Å²) >= 11 is 7.21. The van der Waals surface area contributed by atoms with Crippen molar-refractivity contribution >= 4 is 50.4 Å². The third kappa shape index (κ3) is 5.11. The quantitative estimate of drug-likeness (QED) is 0.316. The number of nitrogens with one attached hydrogen (secondary N) is 1. The predicted octanol–water partition coefficient (Wildman–Crippen LogP) is 3.36. The van der Waals surface area contributed by atoms with E-state index in [-0.39, 0.29) is 37.4 Å². The lowest BCUT2D eigenvalue weighted by Crippen LogP contribution is -2.40. The highest BCUT2D eigenvalue weighted by molar-refractivity contribution is 7.17. The van der Waals surface area contributed by atoms with Crippen LogP contribution in [0.3, 0.4) is 0 Å². The maximum atomic E-state index is 13.4. The monoisotopic (exact) mass is 551 g/mol. The number of anilines is 1. The van der Waals surface area contributed by atoms with Gasteiger partial charge in [0.05, 0.1) is 29.9 Å². The van der Waals surface area contributed by atoms with Crippen molar-refractivity contribution in [3.8, 4) is 5.75 Å². The zero-order chi connectivity index (χ0) is 26.8. The number of thiophene rings is 1. The summed E-state index contributed by atoms with van der Waals surface area (Å²) in [7, 11) is 1.56. The summed E-state index contributed by atoms with van der Waals surface area (Å²) in [4.78, 5) is 56.0. The fourth-order valence-electron chi connectivity index (χ4n) is 4.15. The standard InChI is InChI=1S/C26H22ClN5O5S/c1-37-19-7-5-17(6-8-19)29-22(33)3-2-11-30-25(35)24-20(10-12-38-24)31(26(30)36)15-18-13-23(34)32-14-16(27)4-9-21(32)28-18/h4-10,12-14H,2-3,11,15H2,1H3,(H,29,33). The molecule has 10 nitrogen and oxygen atoms in total. The van der Waals surface area contributed by atoms with Crippen molar-refractivity contribution in [1.82, 2.24) is 18.5 Å². The molecule has 0 bridgehead atoms. The lowest BCUT2D eigenvalue weighted by Gasteiger charge is -2.12. The number of hydrogen-bond donors (Lipinski definition) is 1. The molecule has 38 heavy (non-hydrogen) atoms. The maximum absolute atomic E-state index is 13.4. The number of carbonyl (C=O) groups is 1. The van der Waals surface area contributed by atoms with Crippen LogP contribution in [0.2, 0.25) is 5.02 Å². The Kier molecular flexibility index (Phi) is 7.12. The summed E-state index contributed by atoms with van der Waals surface area (Å²) in [6, 6.07) is 13.2. The zero-order valence-corrected chi connectivity index (χ0v) is 21.8. The maximum Gasteiger partial charge on any atom is 0.331 e. The largest absolute Gasteiger partial charge is 0.497 e. The van der Waals surface area contributed by atoms with Crippen LogP contribution in [0.15, 0.2) is 74.5 Å². The molecule has 0 fully saturated rings. The SMILES string of the molecule is COc1ccc(NC(=O)CCCn2c(=O)c3sccc3n(Cc3cc(=O)n4cc(Cl)ccc4n3)c2=O)cc1. The normalized spacial score (nSPS) is 11.2. The predicted molar refractivity (Wildman–Crippen MR) is 147 cm³/mol. The van der Waals surface area contributed by atoms with Crippen molar-refractivity contribution in [2.24, 2.45) is 0 Å². The van der Waals surface area contributed by atoms with Gasteiger partial charge < -0.3 is 10.1 Å². The number of methoxy groups -OCH3 is 1. The molecule has 1 amide bonds. The number of hydrogen-bond acceptors (Lipinski definition) is 7. The van der Waals surface area contributed by atoms with Gasteiger partial charge in [-0.3, -0.25) is 27.9 Å². The Morgan fingerprint density at radius 1 is 1.08 bits per heavy atom. The fraction of sp³-hybridized carbons (Fsp3) is 0.192. The molecule has 1 N–H and O–H groups in total. The number of amides is 1. The Bertz CT molecular complexity index is 1840. The van der Waals surface area contributed by atoms with Gasteiger partial charge >= 0.3 is 5.69 Å². The molecule has 12 heteroatoms. The van der Waals surface area contributed by atoms with Gasteiger partial charge in [0.25, 0.3) is 11.1 Å². The van der Waals surface area contributed by atoms with Crippen LogP contribution in [-0.4, -0.2) is 31.5 Å². The van der Waals surface area contributed by atoms with Gasteiger partial charge in [0, 0.05) is 30.9 Å². The molecule has 0 radical (unpaired) electrons. The minimum absolute atomic E-state index is 0.00132. The van der Waals surface area contributed by atoms with Crippen LogP contribution in [0.4, 0.5) is 5.69 Å². The fourth-order valence-corrected chi connectivity index (χ4v) is 5.15. The molecule has 0 aliphatic rings. The molecule has 0 unspecified atom stereocenters. The molecule has 0 saturated heterocycles. The zero-order valence-electron chi connectivity index (χ0n) is 20.2. The highest BCUT2D eigenvalue weighted by Gasteiger charge is 2.16. The number of halogens is 1. The third-order valence-corrected chi connectivity index (χ3v) is 7.11. The average molecular weight is 552 g/mol. The highest BCUT2D eigenvalue weighted by Crippen LogP contribution is 2.17. The van der Waals surface area contributed by atoms with E-state index in [9.17, 15) is 19.2 Å². The van der Waals surface area contributed by atoms with Crippen molar-refractivity contribution in [2.75, 3.05) is 12.4 Å². The van der Waals surface area contributed by atoms with Crippen molar-refractivity contribution < 1.29 is 9.53 Å². The van der Waals surface area contributed by atoms with Crippen LogP contribution in [0.25, 0.3) is 15.9 Å². The first-order chi connectivity index (χ1) is 18.3. The second kappa shape index (κ2) is 10.6. The molecule has 0 saturated carbocycles. The summed E-state index contributed by atoms with van der Waals surface area (Å²) in [5.74, 6) is 0.442. The van der Waals surface area contributed by atoms with E-state index < -0.39 is 11.2 Å². The first kappa shape index (κ1) is 25.4. The number of ether oxygens (including phenoxy) is 1. The van der Waals surface area contributed by atoms with Crippen LogP contribution < -0.4 is 26.9 Å². The number of carbonyl (C=O) groups excluding carboxylic acids is 1. The molecular formula is C26H22ClN5O5S. The van der Waals surface area contributed by atoms with Gasteiger partial charge in [-0.1, -0.05) is 11.6 Å². The average Bonchev–Trinajstić information content (AvgIpc) is 3.40. The van der Waals surface area contributed by atoms with Gasteiger partial charge in [0.1, 0.15) is 16.1 Å². The van der Waals surface area contributed by atoms with E-state index in [1.807, 2.05) is 0 Å². The number of nitrogens with zero attached hydrogens (tertiary/aromatic N) is 4. The van der Waals surface area contributed by atoms with Crippen LogP contribution in [0, 0.1) is 0 Å². The van der Waals surface area contributed by atoms with E-state index in [1.54, 1.807) is 55.0 Å². The number of fused-ring (bicyclic) bond motifs is 2. The molecule has 4 heterocycles. The molecule has 194 valence electrons. The van der Waals surface area contributed by atoms with Crippen molar-refractivity contribution in [3.05, 3.63) is 102 Å². The number of pyridine rings is 1. The van der Waals surface area contributed by atoms with Gasteiger partial charge in [0.15, 0.2) is 0 Å². The van der Waals surface area contributed by atoms with Gasteiger partial charge in [-0.15, -0.1) is 11.3 Å². The van der Waals surface area contributed by atoms with Gasteiger partial charge in [-0.2, -0.15) is 0 Å². The minimum Gasteiger partial charge on any atom is -0.497 e. The van der Waals surface area contributed by atoms with E-state index in [0.29, 0.717) is 38.0 Å². The molecule has 0 aliphatic carbocycles. The van der Waals surface area contributed by atoms with Gasteiger partial charge in [-0.05, 0) is 54.3 Å².